The van der Waals surface area contributed by atoms with Gasteiger partial charge in [0.25, 0.3) is 10.1 Å². The molecule has 0 spiro atoms. The van der Waals surface area contributed by atoms with E-state index in [4.69, 9.17) is 28.7 Å². The van der Waals surface area contributed by atoms with Gasteiger partial charge < -0.3 is 75.9 Å². The average Bonchev–Trinajstić information content (AvgIpc) is 3.16. The fourth-order valence-corrected chi connectivity index (χ4v) is 5.97. The van der Waals surface area contributed by atoms with E-state index in [1.807, 2.05) is 0 Å². The van der Waals surface area contributed by atoms with E-state index in [0.29, 0.717) is 5.56 Å². The van der Waals surface area contributed by atoms with E-state index >= 15 is 0 Å². The highest BCUT2D eigenvalue weighted by atomic mass is 32.2. The summed E-state index contributed by atoms with van der Waals surface area (Å²) in [5, 5.41) is 44.1. The van der Waals surface area contributed by atoms with Crippen LogP contribution in [0.3, 0.4) is 0 Å². The second-order valence-electron chi connectivity index (χ2n) is 13.5. The molecule has 6 amide bonds. The normalized spacial score (nSPS) is 16.0. The van der Waals surface area contributed by atoms with Crippen LogP contribution in [0, 0.1) is 0 Å². The Labute approximate surface area is 341 Å². The van der Waals surface area contributed by atoms with Gasteiger partial charge in [-0.05, 0) is 70.8 Å². The Hall–Kier alpha value is -4.86. The molecule has 0 aliphatic carbocycles. The number of hydrogen-bond donors (Lipinski definition) is 15. The van der Waals surface area contributed by atoms with Crippen LogP contribution < -0.4 is 60.6 Å². The minimum atomic E-state index is -4.71. The van der Waals surface area contributed by atoms with Crippen LogP contribution in [-0.2, 0) is 50.1 Å². The van der Waals surface area contributed by atoms with E-state index in [-0.39, 0.29) is 58.3 Å². The molecule has 0 unspecified atom stereocenters. The molecule has 334 valence electrons. The monoisotopic (exact) mass is 861 g/mol. The molecular formula is C34H59N11O13S. The van der Waals surface area contributed by atoms with Crippen molar-refractivity contribution in [2.24, 2.45) is 28.7 Å². The lowest BCUT2D eigenvalue weighted by atomic mass is 10.0. The summed E-state index contributed by atoms with van der Waals surface area (Å²) < 4.78 is 32.5. The van der Waals surface area contributed by atoms with Gasteiger partial charge in [0.2, 0.25) is 35.4 Å². The number of aliphatic hydroxyl groups excluding tert-OH is 2. The predicted octanol–water partition coefficient (Wildman–Crippen LogP) is -7.04. The maximum absolute atomic E-state index is 14.0. The molecule has 9 atom stereocenters. The van der Waals surface area contributed by atoms with Gasteiger partial charge in [0, 0.05) is 6.42 Å². The third-order valence-corrected chi connectivity index (χ3v) is 9.43. The molecule has 1 aromatic rings. The second kappa shape index (κ2) is 26.3. The number of nitrogens with one attached hydrogen (secondary N) is 6. The molecule has 0 aliphatic rings. The molecule has 25 heteroatoms. The number of amides is 6. The van der Waals surface area contributed by atoms with Gasteiger partial charge in [0.05, 0.1) is 24.0 Å². The summed E-state index contributed by atoms with van der Waals surface area (Å²) in [5.74, 6) is -8.72. The molecule has 0 bridgehead atoms. The topological polar surface area (TPSA) is 437 Å². The molecule has 0 saturated heterocycles. The SMILES string of the molecule is C[C@@H](O)[C@H](NC(=O)[C@H](CCN)NC(=O)[C@H](CCN)NC(=O)[C@@H](NC(=O)[C@@H](Cc1ccccc1)NC(=O)[C@H](CCN)NC(=O)[C@@H](N)CCN)[C@H](O)CCS(=O)(=O)O)C(=O)O. The van der Waals surface area contributed by atoms with Crippen molar-refractivity contribution in [3.8, 4) is 0 Å². The molecule has 0 saturated carbocycles. The first-order valence-corrected chi connectivity index (χ1v) is 20.3. The minimum absolute atomic E-state index is 0.0793. The Kier molecular flexibility index (Phi) is 23.2. The van der Waals surface area contributed by atoms with Crippen molar-refractivity contribution in [1.29, 1.82) is 0 Å². The van der Waals surface area contributed by atoms with Crippen LogP contribution in [-0.4, -0.2) is 156 Å². The van der Waals surface area contributed by atoms with Crippen molar-refractivity contribution in [2.45, 2.75) is 99.9 Å². The molecule has 1 rings (SSSR count). The summed E-state index contributed by atoms with van der Waals surface area (Å²) in [7, 11) is -4.71. The molecule has 59 heavy (non-hydrogen) atoms. The molecule has 0 radical (unpaired) electrons. The van der Waals surface area contributed by atoms with Gasteiger partial charge in [0.1, 0.15) is 30.2 Å². The quantitative estimate of drug-likeness (QED) is 0.0348. The highest BCUT2D eigenvalue weighted by Gasteiger charge is 2.37. The van der Waals surface area contributed by atoms with Crippen LogP contribution in [0.25, 0.3) is 0 Å². The maximum atomic E-state index is 14.0. The van der Waals surface area contributed by atoms with Crippen LogP contribution in [0.4, 0.5) is 0 Å². The maximum Gasteiger partial charge on any atom is 0.328 e. The smallest absolute Gasteiger partial charge is 0.328 e. The van der Waals surface area contributed by atoms with Gasteiger partial charge in [-0.3, -0.25) is 33.3 Å². The zero-order chi connectivity index (χ0) is 44.9. The Morgan fingerprint density at radius 3 is 1.44 bits per heavy atom. The van der Waals surface area contributed by atoms with E-state index in [1.165, 1.54) is 0 Å². The number of nitrogens with two attached hydrogens (primary N) is 5. The first kappa shape index (κ1) is 52.2. The van der Waals surface area contributed by atoms with Crippen molar-refractivity contribution >= 4 is 51.5 Å². The van der Waals surface area contributed by atoms with Crippen molar-refractivity contribution in [3.63, 3.8) is 0 Å². The van der Waals surface area contributed by atoms with Crippen molar-refractivity contribution < 1.29 is 61.9 Å². The molecule has 0 heterocycles. The lowest BCUT2D eigenvalue weighted by molar-refractivity contribution is -0.145. The number of carbonyl (C=O) groups excluding carboxylic acids is 6. The largest absolute Gasteiger partial charge is 0.480 e. The highest BCUT2D eigenvalue weighted by molar-refractivity contribution is 7.85. The average molecular weight is 862 g/mol. The van der Waals surface area contributed by atoms with E-state index < -0.39 is 118 Å². The zero-order valence-electron chi connectivity index (χ0n) is 32.6. The first-order valence-electron chi connectivity index (χ1n) is 18.7. The van der Waals surface area contributed by atoms with Crippen LogP contribution in [0.1, 0.15) is 44.6 Å². The van der Waals surface area contributed by atoms with Crippen LogP contribution in [0.5, 0.6) is 0 Å². The van der Waals surface area contributed by atoms with E-state index in [1.54, 1.807) is 30.3 Å². The number of benzene rings is 1. The molecule has 1 aromatic carbocycles. The number of aliphatic hydroxyl groups is 2. The summed E-state index contributed by atoms with van der Waals surface area (Å²) in [5.41, 5.74) is 28.8. The van der Waals surface area contributed by atoms with E-state index in [0.717, 1.165) is 6.92 Å². The summed E-state index contributed by atoms with van der Waals surface area (Å²) in [6.45, 7) is 0.674. The zero-order valence-corrected chi connectivity index (χ0v) is 33.4. The van der Waals surface area contributed by atoms with Crippen LogP contribution >= 0.6 is 0 Å². The number of aliphatic carboxylic acids is 1. The number of rotatable bonds is 28. The van der Waals surface area contributed by atoms with Gasteiger partial charge in [-0.25, -0.2) is 4.79 Å². The Balaban J connectivity index is 3.51. The van der Waals surface area contributed by atoms with Gasteiger partial charge in [0.15, 0.2) is 6.04 Å². The molecular weight excluding hydrogens is 803 g/mol. The summed E-state index contributed by atoms with van der Waals surface area (Å²) in [6, 6.07) is -2.58. The Morgan fingerprint density at radius 1 is 0.593 bits per heavy atom. The first-order chi connectivity index (χ1) is 27.7. The molecule has 24 nitrogen and oxygen atoms in total. The molecule has 0 fully saturated rings. The fraction of sp³-hybridized carbons (Fsp3) is 0.618. The molecule has 20 N–H and O–H groups in total. The Bertz CT molecular complexity index is 1660. The van der Waals surface area contributed by atoms with Crippen LogP contribution in [0.15, 0.2) is 30.3 Å². The number of carboxylic acids is 1. The second-order valence-corrected chi connectivity index (χ2v) is 15.1. The van der Waals surface area contributed by atoms with E-state index in [9.17, 15) is 61.9 Å². The van der Waals surface area contributed by atoms with Crippen molar-refractivity contribution in [2.75, 3.05) is 31.9 Å². The lowest BCUT2D eigenvalue weighted by Crippen LogP contribution is -2.62. The summed E-state index contributed by atoms with van der Waals surface area (Å²) in [4.78, 5) is 91.9. The number of carboxylic acid groups (broad SMARTS) is 1. The lowest BCUT2D eigenvalue weighted by Gasteiger charge is -2.29. The predicted molar refractivity (Wildman–Crippen MR) is 211 cm³/mol. The number of carbonyl (C=O) groups is 7. The number of hydrogen-bond acceptors (Lipinski definition) is 16. The van der Waals surface area contributed by atoms with Gasteiger partial charge in [-0.15, -0.1) is 0 Å². The van der Waals surface area contributed by atoms with Gasteiger partial charge in [-0.1, -0.05) is 30.3 Å². The summed E-state index contributed by atoms with van der Waals surface area (Å²) in [6.07, 6.45) is -5.15. The minimum Gasteiger partial charge on any atom is -0.480 e. The van der Waals surface area contributed by atoms with Crippen molar-refractivity contribution in [1.82, 2.24) is 31.9 Å². The van der Waals surface area contributed by atoms with Crippen LogP contribution in [0.2, 0.25) is 0 Å². The highest BCUT2D eigenvalue weighted by Crippen LogP contribution is 2.09. The van der Waals surface area contributed by atoms with Gasteiger partial charge >= 0.3 is 5.97 Å². The summed E-state index contributed by atoms with van der Waals surface area (Å²) >= 11 is 0. The Morgan fingerprint density at radius 2 is 1.00 bits per heavy atom. The molecule has 0 aromatic heterocycles. The fourth-order valence-electron chi connectivity index (χ4n) is 5.43. The third kappa shape index (κ3) is 19.2. The van der Waals surface area contributed by atoms with Gasteiger partial charge in [-0.2, -0.15) is 8.42 Å². The van der Waals surface area contributed by atoms with Crippen molar-refractivity contribution in [3.05, 3.63) is 35.9 Å². The third-order valence-electron chi connectivity index (χ3n) is 8.68. The standard InChI is InChI=1S/C34H59N11O13S/c1-18(46)26(34(54)55)44-31(51)23(10-15-38)41-29(49)22(9-14-37)42-33(53)27(25(47)11-16-59(56,57)58)45-32(52)24(17-19-5-3-2-4-6-19)43-30(50)21(8-13-36)40-28(48)20(39)7-12-35/h2-6,18,20-27,46-47H,7-17,35-39H2,1H3,(H,40,48)(H,41,49)(H,42,53)(H,43,50)(H,44,51)(H,45,52)(H,54,55)(H,56,57,58)/t18-,20+,21+,22+,23+,24-,25-,26+,27+/m1/s1. The molecule has 0 aliphatic heterocycles. The van der Waals surface area contributed by atoms with E-state index in [2.05, 4.69) is 31.9 Å².